The molecule has 0 unspecified atom stereocenters. The van der Waals surface area contributed by atoms with Crippen LogP contribution in [0.5, 0.6) is 0 Å². The Morgan fingerprint density at radius 1 is 1.10 bits per heavy atom. The molecule has 0 aliphatic carbocycles. The number of carboxylic acid groups (broad SMARTS) is 1. The average Bonchev–Trinajstić information content (AvgIpc) is 2.56. The molecule has 1 aliphatic heterocycles. The number of piperidine rings is 1. The molecule has 1 aromatic carbocycles. The van der Waals surface area contributed by atoms with E-state index in [4.69, 9.17) is 10.1 Å². The van der Waals surface area contributed by atoms with Crippen molar-refractivity contribution in [2.45, 2.75) is 18.8 Å². The first-order valence-electron chi connectivity index (χ1n) is 7.25. The van der Waals surface area contributed by atoms with Crippen molar-refractivity contribution in [3.8, 4) is 11.3 Å². The zero-order chi connectivity index (χ0) is 14.7. The molecule has 2 heterocycles. The van der Waals surface area contributed by atoms with Crippen LogP contribution in [0.4, 0.5) is 0 Å². The summed E-state index contributed by atoms with van der Waals surface area (Å²) in [7, 11) is 0. The van der Waals surface area contributed by atoms with Crippen molar-refractivity contribution in [2.24, 2.45) is 0 Å². The molecule has 4 nitrogen and oxygen atoms in total. The first-order valence-corrected chi connectivity index (χ1v) is 7.25. The van der Waals surface area contributed by atoms with Gasteiger partial charge >= 0.3 is 5.97 Å². The minimum Gasteiger partial charge on any atom is -0.478 e. The first-order chi connectivity index (χ1) is 10.2. The number of carbonyl (C=O) groups is 1. The summed E-state index contributed by atoms with van der Waals surface area (Å²) in [6, 6.07) is 13.0. The van der Waals surface area contributed by atoms with Gasteiger partial charge in [-0.25, -0.2) is 4.79 Å². The van der Waals surface area contributed by atoms with E-state index >= 15 is 0 Å². The van der Waals surface area contributed by atoms with Gasteiger partial charge in [0.1, 0.15) is 0 Å². The van der Waals surface area contributed by atoms with Crippen LogP contribution in [0.3, 0.4) is 0 Å². The topological polar surface area (TPSA) is 62.2 Å². The molecule has 0 bridgehead atoms. The van der Waals surface area contributed by atoms with E-state index in [2.05, 4.69) is 11.4 Å². The molecule has 0 radical (unpaired) electrons. The van der Waals surface area contributed by atoms with Gasteiger partial charge in [0.25, 0.3) is 0 Å². The molecule has 0 amide bonds. The first kappa shape index (κ1) is 13.8. The second kappa shape index (κ2) is 6.06. The maximum absolute atomic E-state index is 10.9. The molecule has 1 fully saturated rings. The van der Waals surface area contributed by atoms with Crippen LogP contribution in [0, 0.1) is 0 Å². The van der Waals surface area contributed by atoms with Crippen molar-refractivity contribution < 1.29 is 9.90 Å². The van der Waals surface area contributed by atoms with Gasteiger partial charge in [0.15, 0.2) is 0 Å². The number of aromatic nitrogens is 1. The lowest BCUT2D eigenvalue weighted by Crippen LogP contribution is -2.27. The Hall–Kier alpha value is -2.20. The molecule has 3 rings (SSSR count). The fourth-order valence-electron chi connectivity index (χ4n) is 2.74. The smallest absolute Gasteiger partial charge is 0.335 e. The van der Waals surface area contributed by atoms with Crippen LogP contribution in [0.2, 0.25) is 0 Å². The lowest BCUT2D eigenvalue weighted by Gasteiger charge is -2.22. The highest BCUT2D eigenvalue weighted by Gasteiger charge is 2.16. The summed E-state index contributed by atoms with van der Waals surface area (Å²) in [5, 5.41) is 12.3. The van der Waals surface area contributed by atoms with Crippen molar-refractivity contribution in [1.82, 2.24) is 10.3 Å². The maximum atomic E-state index is 10.9. The summed E-state index contributed by atoms with van der Waals surface area (Å²) in [5.74, 6) is -0.387. The van der Waals surface area contributed by atoms with E-state index in [1.807, 2.05) is 24.3 Å². The third kappa shape index (κ3) is 3.11. The normalized spacial score (nSPS) is 15.8. The van der Waals surface area contributed by atoms with E-state index in [9.17, 15) is 4.79 Å². The van der Waals surface area contributed by atoms with Crippen LogP contribution in [0.25, 0.3) is 11.3 Å². The highest BCUT2D eigenvalue weighted by Crippen LogP contribution is 2.26. The molecule has 21 heavy (non-hydrogen) atoms. The summed E-state index contributed by atoms with van der Waals surface area (Å²) in [5.41, 5.74) is 3.29. The lowest BCUT2D eigenvalue weighted by atomic mass is 9.94. The van der Waals surface area contributed by atoms with Gasteiger partial charge in [-0.2, -0.15) is 0 Å². The van der Waals surface area contributed by atoms with Gasteiger partial charge in [-0.3, -0.25) is 4.98 Å². The van der Waals surface area contributed by atoms with Crippen LogP contribution in [0.15, 0.2) is 42.5 Å². The van der Waals surface area contributed by atoms with E-state index in [0.717, 1.165) is 42.9 Å². The highest BCUT2D eigenvalue weighted by molar-refractivity contribution is 5.88. The Labute approximate surface area is 123 Å². The van der Waals surface area contributed by atoms with E-state index in [0.29, 0.717) is 11.5 Å². The van der Waals surface area contributed by atoms with Gasteiger partial charge in [-0.15, -0.1) is 0 Å². The molecule has 2 N–H and O–H groups in total. The van der Waals surface area contributed by atoms with Gasteiger partial charge < -0.3 is 10.4 Å². The predicted octanol–water partition coefficient (Wildman–Crippen LogP) is 2.91. The minimum atomic E-state index is -0.905. The number of rotatable bonds is 3. The van der Waals surface area contributed by atoms with Crippen molar-refractivity contribution >= 4 is 5.97 Å². The van der Waals surface area contributed by atoms with Crippen molar-refractivity contribution in [3.63, 3.8) is 0 Å². The Kier molecular flexibility index (Phi) is 3.97. The quantitative estimate of drug-likeness (QED) is 0.908. The molecule has 1 aliphatic rings. The maximum Gasteiger partial charge on any atom is 0.335 e. The standard InChI is InChI=1S/C17H18N2O2/c20-17(21)14-6-4-12(5-7-14)15-2-1-3-16(19-15)13-8-10-18-11-9-13/h1-7,13,18H,8-11H2,(H,20,21). The van der Waals surface area contributed by atoms with Gasteiger partial charge in [0.05, 0.1) is 11.3 Å². The zero-order valence-electron chi connectivity index (χ0n) is 11.7. The summed E-state index contributed by atoms with van der Waals surface area (Å²) in [6.45, 7) is 2.09. The van der Waals surface area contributed by atoms with Gasteiger partial charge in [-0.05, 0) is 50.2 Å². The number of benzene rings is 1. The molecule has 0 saturated carbocycles. The molecule has 1 saturated heterocycles. The van der Waals surface area contributed by atoms with E-state index in [-0.39, 0.29) is 0 Å². The van der Waals surface area contributed by atoms with Gasteiger partial charge in [-0.1, -0.05) is 18.2 Å². The highest BCUT2D eigenvalue weighted by atomic mass is 16.4. The molecule has 108 valence electrons. The molecule has 2 aromatic rings. The summed E-state index contributed by atoms with van der Waals surface area (Å²) in [6.07, 6.45) is 2.24. The zero-order valence-corrected chi connectivity index (χ0v) is 11.7. The number of nitrogens with zero attached hydrogens (tertiary/aromatic N) is 1. The number of nitrogens with one attached hydrogen (secondary N) is 1. The number of hydrogen-bond acceptors (Lipinski definition) is 3. The summed E-state index contributed by atoms with van der Waals surface area (Å²) >= 11 is 0. The van der Waals surface area contributed by atoms with Crippen LogP contribution in [0.1, 0.15) is 34.8 Å². The molecule has 0 atom stereocenters. The number of carboxylic acids is 1. The predicted molar refractivity (Wildman–Crippen MR) is 81.5 cm³/mol. The molecular weight excluding hydrogens is 264 g/mol. The van der Waals surface area contributed by atoms with Crippen LogP contribution < -0.4 is 5.32 Å². The van der Waals surface area contributed by atoms with E-state index in [1.165, 1.54) is 0 Å². The molecular formula is C17H18N2O2. The van der Waals surface area contributed by atoms with Gasteiger partial charge in [0.2, 0.25) is 0 Å². The largest absolute Gasteiger partial charge is 0.478 e. The van der Waals surface area contributed by atoms with Gasteiger partial charge in [0, 0.05) is 17.2 Å². The molecule has 4 heteroatoms. The van der Waals surface area contributed by atoms with Crippen LogP contribution >= 0.6 is 0 Å². The van der Waals surface area contributed by atoms with Crippen LogP contribution in [-0.4, -0.2) is 29.1 Å². The number of pyridine rings is 1. The fraction of sp³-hybridized carbons (Fsp3) is 0.294. The Balaban J connectivity index is 1.86. The Morgan fingerprint density at radius 2 is 1.81 bits per heavy atom. The molecule has 0 spiro atoms. The van der Waals surface area contributed by atoms with E-state index in [1.54, 1.807) is 12.1 Å². The third-order valence-corrected chi connectivity index (χ3v) is 3.96. The second-order valence-electron chi connectivity index (χ2n) is 5.35. The summed E-state index contributed by atoms with van der Waals surface area (Å²) in [4.78, 5) is 15.7. The summed E-state index contributed by atoms with van der Waals surface area (Å²) < 4.78 is 0. The third-order valence-electron chi connectivity index (χ3n) is 3.96. The van der Waals surface area contributed by atoms with Crippen molar-refractivity contribution in [2.75, 3.05) is 13.1 Å². The second-order valence-corrected chi connectivity index (χ2v) is 5.35. The SMILES string of the molecule is O=C(O)c1ccc(-c2cccc(C3CCNCC3)n2)cc1. The van der Waals surface area contributed by atoms with Crippen LogP contribution in [-0.2, 0) is 0 Å². The fourth-order valence-corrected chi connectivity index (χ4v) is 2.74. The number of hydrogen-bond donors (Lipinski definition) is 2. The van der Waals surface area contributed by atoms with E-state index < -0.39 is 5.97 Å². The Morgan fingerprint density at radius 3 is 2.48 bits per heavy atom. The van der Waals surface area contributed by atoms with Crippen molar-refractivity contribution in [3.05, 3.63) is 53.7 Å². The minimum absolute atomic E-state index is 0.299. The van der Waals surface area contributed by atoms with Crippen molar-refractivity contribution in [1.29, 1.82) is 0 Å². The molecule has 1 aromatic heterocycles. The number of aromatic carboxylic acids is 1. The average molecular weight is 282 g/mol. The Bertz CT molecular complexity index is 631. The lowest BCUT2D eigenvalue weighted by molar-refractivity contribution is 0.0697. The monoisotopic (exact) mass is 282 g/mol.